The Morgan fingerprint density at radius 2 is 1.68 bits per heavy atom. The van der Waals surface area contributed by atoms with Gasteiger partial charge in [-0.1, -0.05) is 12.2 Å². The summed E-state index contributed by atoms with van der Waals surface area (Å²) >= 11 is 0. The molecule has 3 amide bonds. The lowest BCUT2D eigenvalue weighted by Gasteiger charge is -2.21. The number of hydrogen-bond donors (Lipinski definition) is 1. The fourth-order valence-corrected chi connectivity index (χ4v) is 3.44. The zero-order chi connectivity index (χ0) is 20.3. The van der Waals surface area contributed by atoms with Gasteiger partial charge in [0.15, 0.2) is 6.61 Å². The molecule has 1 fully saturated rings. The number of allylic oxidation sites excluding steroid dienone is 2. The van der Waals surface area contributed by atoms with E-state index in [0.717, 1.165) is 4.90 Å². The molecule has 0 bridgehead atoms. The number of nitrogens with one attached hydrogen (secondary N) is 1. The first-order valence-electron chi connectivity index (χ1n) is 9.05. The zero-order valence-corrected chi connectivity index (χ0v) is 15.7. The van der Waals surface area contributed by atoms with Crippen LogP contribution in [0.1, 0.15) is 19.8 Å². The van der Waals surface area contributed by atoms with Gasteiger partial charge in [0.1, 0.15) is 11.8 Å². The highest BCUT2D eigenvalue weighted by molar-refractivity contribution is 6.08. The van der Waals surface area contributed by atoms with Crippen molar-refractivity contribution in [3.63, 3.8) is 0 Å². The lowest BCUT2D eigenvalue weighted by atomic mass is 9.85. The monoisotopic (exact) mass is 386 g/mol. The minimum absolute atomic E-state index is 0.355. The Labute approximate surface area is 162 Å². The van der Waals surface area contributed by atoms with Crippen molar-refractivity contribution in [3.05, 3.63) is 36.4 Å². The van der Waals surface area contributed by atoms with Crippen molar-refractivity contribution in [2.75, 3.05) is 19.0 Å². The molecule has 2 aliphatic rings. The van der Waals surface area contributed by atoms with Crippen LogP contribution in [0, 0.1) is 11.8 Å². The van der Waals surface area contributed by atoms with Crippen molar-refractivity contribution in [2.45, 2.75) is 25.8 Å². The topological polar surface area (TPSA) is 102 Å². The number of imide groups is 1. The average Bonchev–Trinajstić information content (AvgIpc) is 2.97. The third kappa shape index (κ3) is 3.90. The summed E-state index contributed by atoms with van der Waals surface area (Å²) in [7, 11) is 1.54. The van der Waals surface area contributed by atoms with Gasteiger partial charge < -0.3 is 14.8 Å². The van der Waals surface area contributed by atoms with Crippen LogP contribution in [0.4, 0.5) is 5.69 Å². The van der Waals surface area contributed by atoms with E-state index in [1.807, 2.05) is 12.2 Å². The average molecular weight is 386 g/mol. The second-order valence-corrected chi connectivity index (χ2v) is 6.76. The van der Waals surface area contributed by atoms with Crippen LogP contribution < -0.4 is 10.1 Å². The number of fused-ring (bicyclic) bond motifs is 1. The molecule has 28 heavy (non-hydrogen) atoms. The molecule has 0 saturated carbocycles. The normalized spacial score (nSPS) is 21.9. The van der Waals surface area contributed by atoms with Gasteiger partial charge in [-0.25, -0.2) is 4.79 Å². The minimum atomic E-state index is -1.07. The Kier molecular flexibility index (Phi) is 5.77. The molecule has 8 heteroatoms. The fraction of sp³-hybridized carbons (Fsp3) is 0.400. The van der Waals surface area contributed by atoms with E-state index < -0.39 is 36.4 Å². The first-order valence-corrected chi connectivity index (χ1v) is 9.05. The van der Waals surface area contributed by atoms with Crippen molar-refractivity contribution in [1.29, 1.82) is 0 Å². The SMILES string of the molecule is COc1ccc(NC(=O)COC(=O)[C@H](C)N2C(=O)[C@H]3CC=CC[C@@H]3C2=O)cc1. The van der Waals surface area contributed by atoms with E-state index in [4.69, 9.17) is 9.47 Å². The molecular formula is C20H22N2O6. The van der Waals surface area contributed by atoms with Crippen LogP contribution in [-0.2, 0) is 23.9 Å². The highest BCUT2D eigenvalue weighted by Crippen LogP contribution is 2.36. The number of nitrogens with zero attached hydrogens (tertiary/aromatic N) is 1. The maximum absolute atomic E-state index is 12.5. The van der Waals surface area contributed by atoms with Gasteiger partial charge in [0.25, 0.3) is 5.91 Å². The molecule has 0 aromatic heterocycles. The van der Waals surface area contributed by atoms with Gasteiger partial charge >= 0.3 is 5.97 Å². The first-order chi connectivity index (χ1) is 13.4. The molecule has 0 radical (unpaired) electrons. The lowest BCUT2D eigenvalue weighted by Crippen LogP contribution is -2.45. The van der Waals surface area contributed by atoms with Crippen LogP contribution in [0.15, 0.2) is 36.4 Å². The van der Waals surface area contributed by atoms with Gasteiger partial charge in [-0.05, 0) is 44.0 Å². The van der Waals surface area contributed by atoms with Crippen LogP contribution in [-0.4, -0.2) is 48.3 Å². The molecule has 1 aliphatic carbocycles. The Balaban J connectivity index is 1.53. The third-order valence-corrected chi connectivity index (χ3v) is 4.99. The molecule has 1 aliphatic heterocycles. The number of rotatable bonds is 6. The van der Waals surface area contributed by atoms with Crippen LogP contribution in [0.3, 0.4) is 0 Å². The molecule has 1 aromatic rings. The van der Waals surface area contributed by atoms with Crippen LogP contribution in [0.25, 0.3) is 0 Å². The van der Waals surface area contributed by atoms with E-state index in [-0.39, 0.29) is 11.8 Å². The molecule has 1 saturated heterocycles. The van der Waals surface area contributed by atoms with Crippen LogP contribution in [0.2, 0.25) is 0 Å². The van der Waals surface area contributed by atoms with Gasteiger partial charge in [-0.2, -0.15) is 0 Å². The summed E-state index contributed by atoms with van der Waals surface area (Å²) < 4.78 is 10.0. The number of benzene rings is 1. The number of carbonyl (C=O) groups is 4. The first kappa shape index (κ1) is 19.6. The molecule has 0 unspecified atom stereocenters. The third-order valence-electron chi connectivity index (χ3n) is 4.99. The van der Waals surface area contributed by atoms with Crippen molar-refractivity contribution in [1.82, 2.24) is 4.90 Å². The van der Waals surface area contributed by atoms with Crippen molar-refractivity contribution < 1.29 is 28.7 Å². The highest BCUT2D eigenvalue weighted by atomic mass is 16.5. The van der Waals surface area contributed by atoms with Crippen LogP contribution in [0.5, 0.6) is 5.75 Å². The number of esters is 1. The van der Waals surface area contributed by atoms with E-state index in [1.54, 1.807) is 24.3 Å². The lowest BCUT2D eigenvalue weighted by molar-refractivity contribution is -0.159. The summed E-state index contributed by atoms with van der Waals surface area (Å²) in [6.07, 6.45) is 4.75. The van der Waals surface area contributed by atoms with Gasteiger partial charge in [-0.3, -0.25) is 19.3 Å². The molecule has 3 atom stereocenters. The Morgan fingerprint density at radius 1 is 1.11 bits per heavy atom. The van der Waals surface area contributed by atoms with E-state index in [1.165, 1.54) is 14.0 Å². The number of hydrogen-bond acceptors (Lipinski definition) is 6. The number of amides is 3. The Bertz CT molecular complexity index is 790. The number of methoxy groups -OCH3 is 1. The van der Waals surface area contributed by atoms with Gasteiger partial charge in [-0.15, -0.1) is 0 Å². The van der Waals surface area contributed by atoms with E-state index in [2.05, 4.69) is 5.32 Å². The molecule has 0 spiro atoms. The predicted molar refractivity (Wildman–Crippen MR) is 99.3 cm³/mol. The van der Waals surface area contributed by atoms with Crippen molar-refractivity contribution >= 4 is 29.4 Å². The Hall–Kier alpha value is -3.16. The van der Waals surface area contributed by atoms with Crippen molar-refractivity contribution in [2.24, 2.45) is 11.8 Å². The summed E-state index contributed by atoms with van der Waals surface area (Å²) in [6, 6.07) is 5.60. The van der Waals surface area contributed by atoms with Gasteiger partial charge in [0, 0.05) is 5.69 Å². The second kappa shape index (κ2) is 8.24. The quantitative estimate of drug-likeness (QED) is 0.452. The summed E-state index contributed by atoms with van der Waals surface area (Å²) in [5, 5.41) is 2.59. The minimum Gasteiger partial charge on any atom is -0.497 e. The molecule has 148 valence electrons. The zero-order valence-electron chi connectivity index (χ0n) is 15.7. The summed E-state index contributed by atoms with van der Waals surface area (Å²) in [5.74, 6) is -2.20. The predicted octanol–water partition coefficient (Wildman–Crippen LogP) is 1.52. The number of anilines is 1. The molecule has 1 heterocycles. The van der Waals surface area contributed by atoms with E-state index >= 15 is 0 Å². The van der Waals surface area contributed by atoms with E-state index in [9.17, 15) is 19.2 Å². The maximum atomic E-state index is 12.5. The molecule has 3 rings (SSSR count). The summed E-state index contributed by atoms with van der Waals surface area (Å²) in [6.45, 7) is 0.921. The summed E-state index contributed by atoms with van der Waals surface area (Å²) in [5.41, 5.74) is 0.524. The second-order valence-electron chi connectivity index (χ2n) is 6.76. The van der Waals surface area contributed by atoms with E-state index in [0.29, 0.717) is 24.3 Å². The largest absolute Gasteiger partial charge is 0.497 e. The summed E-state index contributed by atoms with van der Waals surface area (Å²) in [4.78, 5) is 50.2. The smallest absolute Gasteiger partial charge is 0.329 e. The molecule has 1 N–H and O–H groups in total. The maximum Gasteiger partial charge on any atom is 0.329 e. The number of carbonyl (C=O) groups excluding carboxylic acids is 4. The molecular weight excluding hydrogens is 364 g/mol. The standard InChI is InChI=1S/C20H22N2O6/c1-12(22-18(24)15-5-3-4-6-16(15)19(22)25)20(26)28-11-17(23)21-13-7-9-14(27-2)10-8-13/h3-4,7-10,12,15-16H,5-6,11H2,1-2H3,(H,21,23)/t12-,15-,16-/m0/s1. The van der Waals surface area contributed by atoms with Crippen LogP contribution >= 0.6 is 0 Å². The van der Waals surface area contributed by atoms with Crippen molar-refractivity contribution in [3.8, 4) is 5.75 Å². The van der Waals surface area contributed by atoms with Gasteiger partial charge in [0.2, 0.25) is 11.8 Å². The van der Waals surface area contributed by atoms with Gasteiger partial charge in [0.05, 0.1) is 18.9 Å². The number of likely N-dealkylation sites (tertiary alicyclic amines) is 1. The molecule has 8 nitrogen and oxygen atoms in total. The number of ether oxygens (including phenoxy) is 2. The molecule has 1 aromatic carbocycles. The fourth-order valence-electron chi connectivity index (χ4n) is 3.44. The highest BCUT2D eigenvalue weighted by Gasteiger charge is 2.50. The Morgan fingerprint density at radius 3 is 2.21 bits per heavy atom.